The molecular formula is C10H14N2O3S. The summed E-state index contributed by atoms with van der Waals surface area (Å²) in [5.74, 6) is 0. The fourth-order valence-corrected chi connectivity index (χ4v) is 3.09. The summed E-state index contributed by atoms with van der Waals surface area (Å²) >= 11 is 0. The van der Waals surface area contributed by atoms with Gasteiger partial charge >= 0.3 is 0 Å². The second kappa shape index (κ2) is 4.04. The van der Waals surface area contributed by atoms with E-state index in [1.807, 2.05) is 0 Å². The first kappa shape index (κ1) is 11.4. The molecule has 88 valence electrons. The molecular weight excluding hydrogens is 228 g/mol. The van der Waals surface area contributed by atoms with Crippen molar-refractivity contribution in [2.75, 3.05) is 5.73 Å². The molecule has 0 saturated heterocycles. The van der Waals surface area contributed by atoms with Gasteiger partial charge in [0.1, 0.15) is 4.90 Å². The first-order valence-electron chi connectivity index (χ1n) is 5.04. The van der Waals surface area contributed by atoms with Crippen molar-refractivity contribution in [1.29, 1.82) is 0 Å². The number of benzene rings is 1. The molecule has 0 heterocycles. The maximum absolute atomic E-state index is 11.9. The summed E-state index contributed by atoms with van der Waals surface area (Å²) in [5, 5.41) is 9.08. The lowest BCUT2D eigenvalue weighted by atomic mass is 9.91. The van der Waals surface area contributed by atoms with Gasteiger partial charge in [0.15, 0.2) is 0 Å². The molecule has 1 aromatic rings. The van der Waals surface area contributed by atoms with Gasteiger partial charge in [-0.1, -0.05) is 12.1 Å². The molecule has 0 amide bonds. The predicted octanol–water partition coefficient (Wildman–Crippen LogP) is 0.0704. The molecule has 0 bridgehead atoms. The molecule has 1 aromatic carbocycles. The molecule has 0 atom stereocenters. The Morgan fingerprint density at radius 3 is 2.50 bits per heavy atom. The van der Waals surface area contributed by atoms with E-state index in [1.165, 1.54) is 6.07 Å². The average Bonchev–Trinajstić information content (AvgIpc) is 2.15. The zero-order valence-electron chi connectivity index (χ0n) is 8.63. The Kier molecular flexibility index (Phi) is 2.88. The minimum atomic E-state index is -3.56. The molecule has 1 saturated carbocycles. The predicted molar refractivity (Wildman–Crippen MR) is 60.2 cm³/mol. The van der Waals surface area contributed by atoms with Crippen molar-refractivity contribution in [1.82, 2.24) is 4.72 Å². The Labute approximate surface area is 94.3 Å². The van der Waals surface area contributed by atoms with Gasteiger partial charge in [-0.3, -0.25) is 0 Å². The SMILES string of the molecule is Nc1ccccc1S(=O)(=O)NC1CC(O)C1. The molecule has 0 spiro atoms. The molecule has 1 aliphatic carbocycles. The van der Waals surface area contributed by atoms with Crippen molar-refractivity contribution in [2.24, 2.45) is 0 Å². The molecule has 0 aliphatic heterocycles. The van der Waals surface area contributed by atoms with Crippen LogP contribution in [0, 0.1) is 0 Å². The number of nitrogens with two attached hydrogens (primary N) is 1. The molecule has 2 rings (SSSR count). The molecule has 4 N–H and O–H groups in total. The zero-order valence-corrected chi connectivity index (χ0v) is 9.44. The van der Waals surface area contributed by atoms with Crippen LogP contribution in [-0.4, -0.2) is 25.7 Å². The Balaban J connectivity index is 2.16. The van der Waals surface area contributed by atoms with Crippen LogP contribution in [-0.2, 0) is 10.0 Å². The lowest BCUT2D eigenvalue weighted by Crippen LogP contribution is -2.46. The summed E-state index contributed by atoms with van der Waals surface area (Å²) in [6.07, 6.45) is 0.540. The lowest BCUT2D eigenvalue weighted by Gasteiger charge is -2.31. The number of sulfonamides is 1. The van der Waals surface area contributed by atoms with E-state index in [0.29, 0.717) is 12.8 Å². The van der Waals surface area contributed by atoms with E-state index in [1.54, 1.807) is 18.2 Å². The molecule has 0 aromatic heterocycles. The van der Waals surface area contributed by atoms with Gasteiger partial charge in [-0.15, -0.1) is 0 Å². The van der Waals surface area contributed by atoms with Gasteiger partial charge in [0.2, 0.25) is 10.0 Å². The number of nitrogen functional groups attached to an aromatic ring is 1. The van der Waals surface area contributed by atoms with Crippen LogP contribution in [0.3, 0.4) is 0 Å². The normalized spacial score (nSPS) is 25.1. The van der Waals surface area contributed by atoms with Gasteiger partial charge < -0.3 is 10.8 Å². The highest BCUT2D eigenvalue weighted by Gasteiger charge is 2.31. The second-order valence-electron chi connectivity index (χ2n) is 3.98. The van der Waals surface area contributed by atoms with Crippen molar-refractivity contribution in [2.45, 2.75) is 29.9 Å². The van der Waals surface area contributed by atoms with E-state index in [2.05, 4.69) is 4.72 Å². The van der Waals surface area contributed by atoms with Crippen molar-refractivity contribution < 1.29 is 13.5 Å². The molecule has 1 aliphatic rings. The van der Waals surface area contributed by atoms with Crippen molar-refractivity contribution in [3.63, 3.8) is 0 Å². The fourth-order valence-electron chi connectivity index (χ4n) is 1.69. The van der Waals surface area contributed by atoms with Crippen LogP contribution in [0.15, 0.2) is 29.2 Å². The van der Waals surface area contributed by atoms with Crippen molar-refractivity contribution in [3.05, 3.63) is 24.3 Å². The number of nitrogens with one attached hydrogen (secondary N) is 1. The van der Waals surface area contributed by atoms with Gasteiger partial charge in [-0.2, -0.15) is 0 Å². The van der Waals surface area contributed by atoms with Gasteiger partial charge in [-0.05, 0) is 25.0 Å². The van der Waals surface area contributed by atoms with Gasteiger partial charge in [-0.25, -0.2) is 13.1 Å². The zero-order chi connectivity index (χ0) is 11.8. The topological polar surface area (TPSA) is 92.4 Å². The summed E-state index contributed by atoms with van der Waals surface area (Å²) in [4.78, 5) is 0.0939. The smallest absolute Gasteiger partial charge is 0.242 e. The maximum atomic E-state index is 11.9. The second-order valence-corrected chi connectivity index (χ2v) is 5.66. The Morgan fingerprint density at radius 1 is 1.31 bits per heavy atom. The third-order valence-electron chi connectivity index (χ3n) is 2.64. The minimum Gasteiger partial charge on any atom is -0.398 e. The van der Waals surface area contributed by atoms with E-state index in [0.717, 1.165) is 0 Å². The number of rotatable bonds is 3. The Hall–Kier alpha value is -1.11. The Bertz CT molecular complexity index is 481. The van der Waals surface area contributed by atoms with E-state index in [9.17, 15) is 8.42 Å². The molecule has 0 radical (unpaired) electrons. The third kappa shape index (κ3) is 2.18. The molecule has 5 nitrogen and oxygen atoms in total. The van der Waals surface area contributed by atoms with Crippen LogP contribution in [0.1, 0.15) is 12.8 Å². The summed E-state index contributed by atoms with van der Waals surface area (Å²) in [7, 11) is -3.56. The highest BCUT2D eigenvalue weighted by molar-refractivity contribution is 7.89. The quantitative estimate of drug-likeness (QED) is 0.654. The van der Waals surface area contributed by atoms with Crippen molar-refractivity contribution >= 4 is 15.7 Å². The van der Waals surface area contributed by atoms with Crippen LogP contribution in [0.25, 0.3) is 0 Å². The highest BCUT2D eigenvalue weighted by Crippen LogP contribution is 2.23. The lowest BCUT2D eigenvalue weighted by molar-refractivity contribution is 0.0712. The van der Waals surface area contributed by atoms with Crippen LogP contribution in [0.4, 0.5) is 5.69 Å². The number of aliphatic hydroxyl groups is 1. The highest BCUT2D eigenvalue weighted by atomic mass is 32.2. The fraction of sp³-hybridized carbons (Fsp3) is 0.400. The first-order valence-corrected chi connectivity index (χ1v) is 6.52. The number of aliphatic hydroxyl groups excluding tert-OH is 1. The van der Waals surface area contributed by atoms with Crippen LogP contribution in [0.5, 0.6) is 0 Å². The van der Waals surface area contributed by atoms with Crippen LogP contribution < -0.4 is 10.5 Å². The number of anilines is 1. The summed E-state index contributed by atoms with van der Waals surface area (Å²) in [6, 6.07) is 6.14. The summed E-state index contributed by atoms with van der Waals surface area (Å²) in [5.41, 5.74) is 5.83. The molecule has 1 fully saturated rings. The monoisotopic (exact) mass is 242 g/mol. The molecule has 0 unspecified atom stereocenters. The summed E-state index contributed by atoms with van der Waals surface area (Å²) < 4.78 is 26.3. The largest absolute Gasteiger partial charge is 0.398 e. The third-order valence-corrected chi connectivity index (χ3v) is 4.24. The average molecular weight is 242 g/mol. The van der Waals surface area contributed by atoms with Crippen LogP contribution in [0.2, 0.25) is 0 Å². The maximum Gasteiger partial charge on any atom is 0.242 e. The number of para-hydroxylation sites is 1. The number of hydrogen-bond donors (Lipinski definition) is 3. The standard InChI is InChI=1S/C10H14N2O3S/c11-9-3-1-2-4-10(9)16(14,15)12-7-5-8(13)6-7/h1-4,7-8,12-13H,5-6,11H2. The molecule has 6 heteroatoms. The van der Waals surface area contributed by atoms with Crippen molar-refractivity contribution in [3.8, 4) is 0 Å². The van der Waals surface area contributed by atoms with E-state index in [-0.39, 0.29) is 22.7 Å². The number of hydrogen-bond acceptors (Lipinski definition) is 4. The van der Waals surface area contributed by atoms with Gasteiger partial charge in [0.25, 0.3) is 0 Å². The first-order chi connectivity index (χ1) is 7.49. The van der Waals surface area contributed by atoms with E-state index >= 15 is 0 Å². The van der Waals surface area contributed by atoms with Gasteiger partial charge in [0, 0.05) is 6.04 Å². The Morgan fingerprint density at radius 2 is 1.94 bits per heavy atom. The van der Waals surface area contributed by atoms with E-state index in [4.69, 9.17) is 10.8 Å². The van der Waals surface area contributed by atoms with Gasteiger partial charge in [0.05, 0.1) is 11.8 Å². The minimum absolute atomic E-state index is 0.0939. The van der Waals surface area contributed by atoms with Crippen LogP contribution >= 0.6 is 0 Å². The summed E-state index contributed by atoms with van der Waals surface area (Å²) in [6.45, 7) is 0. The van der Waals surface area contributed by atoms with E-state index < -0.39 is 10.0 Å². The molecule has 16 heavy (non-hydrogen) atoms.